The van der Waals surface area contributed by atoms with Gasteiger partial charge in [-0.3, -0.25) is 9.59 Å². The number of rotatable bonds is 9. The summed E-state index contributed by atoms with van der Waals surface area (Å²) < 4.78 is 23.8. The second kappa shape index (κ2) is 8.88. The number of halogens is 2. The summed E-state index contributed by atoms with van der Waals surface area (Å²) in [6.45, 7) is 3.73. The molecule has 0 radical (unpaired) electrons. The van der Waals surface area contributed by atoms with Crippen LogP contribution in [0.5, 0.6) is 5.75 Å². The lowest BCUT2D eigenvalue weighted by Crippen LogP contribution is -2.31. The molecule has 28 heavy (non-hydrogen) atoms. The van der Waals surface area contributed by atoms with Crippen molar-refractivity contribution < 1.29 is 23.1 Å². The summed E-state index contributed by atoms with van der Waals surface area (Å²) in [5, 5.41) is 5.22. The number of carbonyl (C=O) groups is 2. The number of nitrogens with zero attached hydrogens (tertiary/aromatic N) is 1. The Hall–Kier alpha value is -2.87. The van der Waals surface area contributed by atoms with Gasteiger partial charge in [0.2, 0.25) is 0 Å². The normalized spacial score (nSPS) is 13.1. The number of aromatic nitrogens is 1. The van der Waals surface area contributed by atoms with E-state index in [2.05, 4.69) is 22.2 Å². The van der Waals surface area contributed by atoms with Gasteiger partial charge >= 0.3 is 0 Å². The minimum Gasteiger partial charge on any atom is -0.484 e. The lowest BCUT2D eigenvalue weighted by atomic mass is 10.3. The molecule has 0 bridgehead atoms. The quantitative estimate of drug-likeness (QED) is 0.666. The minimum absolute atomic E-state index is 0.0215. The van der Waals surface area contributed by atoms with Crippen molar-refractivity contribution in [2.45, 2.75) is 25.2 Å². The molecule has 7 nitrogen and oxygen atoms in total. The fraction of sp³-hybridized carbons (Fsp3) is 0.316. The van der Waals surface area contributed by atoms with E-state index in [1.54, 1.807) is 0 Å². The van der Waals surface area contributed by atoms with E-state index in [1.807, 2.05) is 0 Å². The van der Waals surface area contributed by atoms with Crippen LogP contribution in [-0.2, 0) is 4.79 Å². The molecule has 2 aromatic rings. The van der Waals surface area contributed by atoms with Crippen molar-refractivity contribution in [1.82, 2.24) is 15.6 Å². The van der Waals surface area contributed by atoms with Crippen molar-refractivity contribution in [2.75, 3.05) is 13.2 Å². The van der Waals surface area contributed by atoms with E-state index in [0.29, 0.717) is 23.9 Å². The topological polar surface area (TPSA) is 93.5 Å². The first-order valence-corrected chi connectivity index (χ1v) is 9.09. The summed E-state index contributed by atoms with van der Waals surface area (Å²) in [6.07, 6.45) is 3.73. The number of hydrogen-bond donors (Lipinski definition) is 2. The zero-order valence-electron chi connectivity index (χ0n) is 15.0. The van der Waals surface area contributed by atoms with Crippen LogP contribution in [0.4, 0.5) is 4.39 Å². The smallest absolute Gasteiger partial charge is 0.277 e. The Balaban J connectivity index is 1.34. The summed E-state index contributed by atoms with van der Waals surface area (Å²) in [6, 6.07) is 3.92. The predicted octanol–water partition coefficient (Wildman–Crippen LogP) is 3.17. The van der Waals surface area contributed by atoms with Gasteiger partial charge in [-0.05, 0) is 25.0 Å². The molecule has 1 heterocycles. The molecule has 0 spiro atoms. The monoisotopic (exact) mass is 407 g/mol. The van der Waals surface area contributed by atoms with Crippen LogP contribution in [0.1, 0.15) is 41.6 Å². The number of amides is 2. The Bertz CT molecular complexity index is 895. The fourth-order valence-corrected chi connectivity index (χ4v) is 2.43. The molecule has 1 aromatic heterocycles. The molecule has 1 aliphatic carbocycles. The molecule has 1 aliphatic rings. The molecule has 1 saturated carbocycles. The van der Waals surface area contributed by atoms with Crippen molar-refractivity contribution in [1.29, 1.82) is 0 Å². The average Bonchev–Trinajstić information content (AvgIpc) is 3.39. The van der Waals surface area contributed by atoms with E-state index < -0.39 is 11.7 Å². The molecule has 148 valence electrons. The lowest BCUT2D eigenvalue weighted by molar-refractivity contribution is -0.123. The first-order valence-electron chi connectivity index (χ1n) is 8.71. The molecule has 0 atom stereocenters. The highest BCUT2D eigenvalue weighted by atomic mass is 35.5. The van der Waals surface area contributed by atoms with Gasteiger partial charge in [-0.2, -0.15) is 0 Å². The Morgan fingerprint density at radius 2 is 2.18 bits per heavy atom. The Labute approximate surface area is 165 Å². The van der Waals surface area contributed by atoms with Crippen LogP contribution in [-0.4, -0.2) is 29.9 Å². The summed E-state index contributed by atoms with van der Waals surface area (Å²) in [4.78, 5) is 28.0. The number of nitrogens with one attached hydrogen (secondary N) is 2. The third-order valence-corrected chi connectivity index (χ3v) is 4.29. The number of oxazole rings is 1. The van der Waals surface area contributed by atoms with Gasteiger partial charge in [-0.25, -0.2) is 9.37 Å². The zero-order valence-corrected chi connectivity index (χ0v) is 15.7. The summed E-state index contributed by atoms with van der Waals surface area (Å²) >= 11 is 5.58. The van der Waals surface area contributed by atoms with Gasteiger partial charge in [0.15, 0.2) is 18.2 Å². The van der Waals surface area contributed by atoms with Crippen molar-refractivity contribution >= 4 is 23.4 Å². The summed E-state index contributed by atoms with van der Waals surface area (Å²) in [5.74, 6) is -0.301. The van der Waals surface area contributed by atoms with E-state index in [-0.39, 0.29) is 35.5 Å². The van der Waals surface area contributed by atoms with Crippen LogP contribution in [0.3, 0.4) is 0 Å². The molecule has 2 N–H and O–H groups in total. The van der Waals surface area contributed by atoms with E-state index in [1.165, 1.54) is 18.4 Å². The molecule has 9 heteroatoms. The van der Waals surface area contributed by atoms with E-state index >= 15 is 0 Å². The van der Waals surface area contributed by atoms with Crippen molar-refractivity contribution in [3.05, 3.63) is 59.2 Å². The first kappa shape index (κ1) is 19.9. The predicted molar refractivity (Wildman–Crippen MR) is 99.6 cm³/mol. The standard InChI is InChI=1S/C19H19ClFN3O4/c1-11(23-18(26)16-9-28-19(24-16)12-2-3-12)6-7-22-17(25)10-27-13-4-5-14(20)15(21)8-13/h4-5,8-9,12H,1-3,6-7,10H2,(H,22,25)(H,23,26). The second-order valence-corrected chi connectivity index (χ2v) is 6.77. The van der Waals surface area contributed by atoms with E-state index in [0.717, 1.165) is 18.9 Å². The van der Waals surface area contributed by atoms with Gasteiger partial charge in [0.25, 0.3) is 11.8 Å². The van der Waals surface area contributed by atoms with Crippen LogP contribution in [0.15, 0.2) is 41.2 Å². The van der Waals surface area contributed by atoms with Gasteiger partial charge < -0.3 is 19.8 Å². The average molecular weight is 408 g/mol. The summed E-state index contributed by atoms with van der Waals surface area (Å²) in [7, 11) is 0. The Kier molecular flexibility index (Phi) is 6.30. The zero-order chi connectivity index (χ0) is 20.1. The third-order valence-electron chi connectivity index (χ3n) is 3.98. The molecular formula is C19H19ClFN3O4. The maximum absolute atomic E-state index is 13.3. The van der Waals surface area contributed by atoms with Gasteiger partial charge in [0, 0.05) is 30.6 Å². The van der Waals surface area contributed by atoms with Crippen LogP contribution in [0.2, 0.25) is 5.02 Å². The van der Waals surface area contributed by atoms with Crippen LogP contribution >= 0.6 is 11.6 Å². The SMILES string of the molecule is C=C(CCNC(=O)COc1ccc(Cl)c(F)c1)NC(=O)c1coc(C2CC2)n1. The molecule has 1 aromatic carbocycles. The van der Waals surface area contributed by atoms with E-state index in [9.17, 15) is 14.0 Å². The largest absolute Gasteiger partial charge is 0.484 e. The van der Waals surface area contributed by atoms with Gasteiger partial charge in [-0.1, -0.05) is 18.2 Å². The molecule has 0 unspecified atom stereocenters. The van der Waals surface area contributed by atoms with Gasteiger partial charge in [-0.15, -0.1) is 0 Å². The van der Waals surface area contributed by atoms with Crippen LogP contribution < -0.4 is 15.4 Å². The molecule has 3 rings (SSSR count). The van der Waals surface area contributed by atoms with Gasteiger partial charge in [0.1, 0.15) is 17.8 Å². The highest BCUT2D eigenvalue weighted by molar-refractivity contribution is 6.30. The third kappa shape index (κ3) is 5.56. The number of carbonyl (C=O) groups excluding carboxylic acids is 2. The first-order chi connectivity index (χ1) is 13.4. The van der Waals surface area contributed by atoms with Crippen molar-refractivity contribution in [2.24, 2.45) is 0 Å². The van der Waals surface area contributed by atoms with Crippen molar-refractivity contribution in [3.63, 3.8) is 0 Å². The minimum atomic E-state index is -0.622. The molecule has 0 saturated heterocycles. The molecule has 2 amide bonds. The van der Waals surface area contributed by atoms with Gasteiger partial charge in [0.05, 0.1) is 5.02 Å². The number of ether oxygens (including phenoxy) is 1. The highest BCUT2D eigenvalue weighted by Gasteiger charge is 2.29. The second-order valence-electron chi connectivity index (χ2n) is 6.37. The maximum atomic E-state index is 13.3. The summed E-state index contributed by atoms with van der Waals surface area (Å²) in [5.41, 5.74) is 0.637. The Morgan fingerprint density at radius 3 is 2.89 bits per heavy atom. The molecule has 0 aliphatic heterocycles. The highest BCUT2D eigenvalue weighted by Crippen LogP contribution is 2.39. The van der Waals surface area contributed by atoms with E-state index in [4.69, 9.17) is 20.8 Å². The van der Waals surface area contributed by atoms with Crippen molar-refractivity contribution in [3.8, 4) is 5.75 Å². The lowest BCUT2D eigenvalue weighted by Gasteiger charge is -2.09. The maximum Gasteiger partial charge on any atom is 0.277 e. The molecular weight excluding hydrogens is 389 g/mol. The van der Waals surface area contributed by atoms with Crippen LogP contribution in [0, 0.1) is 5.82 Å². The number of benzene rings is 1. The van der Waals surface area contributed by atoms with Crippen LogP contribution in [0.25, 0.3) is 0 Å². The fourth-order valence-electron chi connectivity index (χ4n) is 2.32. The Morgan fingerprint density at radius 1 is 1.39 bits per heavy atom. The number of hydrogen-bond acceptors (Lipinski definition) is 5. The molecule has 1 fully saturated rings.